The number of hydrogen-bond donors (Lipinski definition) is 1. The van der Waals surface area contributed by atoms with Crippen LogP contribution in [0.2, 0.25) is 0 Å². The zero-order valence-electron chi connectivity index (χ0n) is 14.6. The first-order valence-electron chi connectivity index (χ1n) is 7.95. The normalized spacial score (nSPS) is 10.7. The Morgan fingerprint density at radius 3 is 2.65 bits per heavy atom. The minimum absolute atomic E-state index is 0.0664. The summed E-state index contributed by atoms with van der Waals surface area (Å²) in [6, 6.07) is 5.72. The fourth-order valence-corrected chi connectivity index (χ4v) is 3.33. The van der Waals surface area contributed by atoms with Crippen molar-refractivity contribution in [1.82, 2.24) is 14.3 Å². The van der Waals surface area contributed by atoms with E-state index in [0.29, 0.717) is 4.96 Å². The number of aryl methyl sites for hydroxylation is 2. The summed E-state index contributed by atoms with van der Waals surface area (Å²) in [4.78, 5) is 43.1. The van der Waals surface area contributed by atoms with Crippen LogP contribution in [-0.4, -0.2) is 39.7 Å². The summed E-state index contributed by atoms with van der Waals surface area (Å²) < 4.78 is 1.32. The highest BCUT2D eigenvalue weighted by Crippen LogP contribution is 2.19. The van der Waals surface area contributed by atoms with Gasteiger partial charge in [0, 0.05) is 30.5 Å². The Hall–Kier alpha value is -3.00. The number of para-hydroxylation sites is 1. The molecule has 1 N–H and O–H groups in total. The van der Waals surface area contributed by atoms with Crippen LogP contribution in [-0.2, 0) is 4.79 Å². The Balaban J connectivity index is 1.75. The molecule has 2 heterocycles. The van der Waals surface area contributed by atoms with Crippen molar-refractivity contribution < 1.29 is 9.59 Å². The number of carbonyl (C=O) groups excluding carboxylic acids is 2. The van der Waals surface area contributed by atoms with Crippen molar-refractivity contribution in [3.05, 3.63) is 63.0 Å². The number of benzene rings is 1. The Bertz CT molecular complexity index is 1030. The topological polar surface area (TPSA) is 83.8 Å². The van der Waals surface area contributed by atoms with Gasteiger partial charge in [0.2, 0.25) is 5.91 Å². The zero-order chi connectivity index (χ0) is 18.8. The monoisotopic (exact) mass is 370 g/mol. The molecule has 1 aromatic carbocycles. The second-order valence-electron chi connectivity index (χ2n) is 6.01. The number of amides is 2. The zero-order valence-corrected chi connectivity index (χ0v) is 15.5. The number of rotatable bonds is 4. The molecule has 0 aliphatic heterocycles. The molecule has 26 heavy (non-hydrogen) atoms. The molecular weight excluding hydrogens is 352 g/mol. The van der Waals surface area contributed by atoms with E-state index in [-0.39, 0.29) is 18.0 Å². The first-order valence-corrected chi connectivity index (χ1v) is 8.83. The minimum atomic E-state index is -0.542. The highest BCUT2D eigenvalue weighted by Gasteiger charge is 2.20. The molecule has 0 aliphatic carbocycles. The predicted molar refractivity (Wildman–Crippen MR) is 101 cm³/mol. The van der Waals surface area contributed by atoms with Gasteiger partial charge in [0.25, 0.3) is 11.5 Å². The van der Waals surface area contributed by atoms with Crippen molar-refractivity contribution in [1.29, 1.82) is 0 Å². The highest BCUT2D eigenvalue weighted by molar-refractivity contribution is 7.15. The fraction of sp³-hybridized carbons (Fsp3) is 0.222. The van der Waals surface area contributed by atoms with E-state index in [0.717, 1.165) is 16.8 Å². The maximum Gasteiger partial charge on any atom is 0.271 e. The molecule has 0 saturated carbocycles. The van der Waals surface area contributed by atoms with E-state index in [4.69, 9.17) is 0 Å². The van der Waals surface area contributed by atoms with Crippen LogP contribution in [0.15, 0.2) is 40.8 Å². The molecule has 0 unspecified atom stereocenters. The van der Waals surface area contributed by atoms with E-state index in [9.17, 15) is 14.4 Å². The molecule has 2 amide bonds. The highest BCUT2D eigenvalue weighted by atomic mass is 32.1. The minimum Gasteiger partial charge on any atom is -0.332 e. The molecule has 7 nitrogen and oxygen atoms in total. The lowest BCUT2D eigenvalue weighted by molar-refractivity contribution is -0.116. The molecular formula is C18H18N4O3S. The van der Waals surface area contributed by atoms with Crippen molar-refractivity contribution >= 4 is 33.8 Å². The Labute approximate surface area is 153 Å². The Kier molecular flexibility index (Phi) is 4.85. The van der Waals surface area contributed by atoms with Crippen LogP contribution in [0.4, 0.5) is 5.69 Å². The average Bonchev–Trinajstić information content (AvgIpc) is 3.07. The van der Waals surface area contributed by atoms with Crippen LogP contribution in [0.3, 0.4) is 0 Å². The summed E-state index contributed by atoms with van der Waals surface area (Å²) in [5, 5.41) is 4.55. The lowest BCUT2D eigenvalue weighted by Crippen LogP contribution is -2.38. The summed E-state index contributed by atoms with van der Waals surface area (Å²) in [6.45, 7) is 3.64. The molecule has 2 aromatic heterocycles. The third kappa shape index (κ3) is 3.36. The molecule has 0 spiro atoms. The number of thiazole rings is 1. The van der Waals surface area contributed by atoms with E-state index in [1.807, 2.05) is 32.0 Å². The first-order chi connectivity index (χ1) is 12.4. The van der Waals surface area contributed by atoms with E-state index < -0.39 is 11.5 Å². The SMILES string of the molecule is Cc1cccc(C)c1NC(=O)CN(C)C(=O)c1cnc2sccn2c1=O. The van der Waals surface area contributed by atoms with Gasteiger partial charge in [0.05, 0.1) is 6.54 Å². The molecule has 0 radical (unpaired) electrons. The van der Waals surface area contributed by atoms with Crippen LogP contribution in [0.1, 0.15) is 21.5 Å². The van der Waals surface area contributed by atoms with Gasteiger partial charge in [-0.1, -0.05) is 18.2 Å². The molecule has 0 aliphatic rings. The standard InChI is InChI=1S/C18H18N4O3S/c1-11-5-4-6-12(2)15(11)20-14(23)10-21(3)16(24)13-9-19-18-22(17(13)25)7-8-26-18/h4-9H,10H2,1-3H3,(H,20,23). The second-order valence-corrected chi connectivity index (χ2v) is 6.88. The number of likely N-dealkylation sites (N-methyl/N-ethyl adjacent to an activating group) is 1. The maximum absolute atomic E-state index is 12.5. The molecule has 8 heteroatoms. The van der Waals surface area contributed by atoms with E-state index in [1.165, 1.54) is 33.9 Å². The summed E-state index contributed by atoms with van der Waals surface area (Å²) in [5.74, 6) is -0.873. The van der Waals surface area contributed by atoms with Gasteiger partial charge in [-0.05, 0) is 25.0 Å². The lowest BCUT2D eigenvalue weighted by Gasteiger charge is -2.18. The smallest absolute Gasteiger partial charge is 0.271 e. The number of nitrogens with zero attached hydrogens (tertiary/aromatic N) is 3. The van der Waals surface area contributed by atoms with Crippen LogP contribution in [0, 0.1) is 13.8 Å². The van der Waals surface area contributed by atoms with Crippen molar-refractivity contribution in [3.63, 3.8) is 0 Å². The van der Waals surface area contributed by atoms with E-state index in [2.05, 4.69) is 10.3 Å². The second kappa shape index (κ2) is 7.09. The number of hydrogen-bond acceptors (Lipinski definition) is 5. The average molecular weight is 370 g/mol. The molecule has 0 saturated heterocycles. The van der Waals surface area contributed by atoms with Crippen LogP contribution >= 0.6 is 11.3 Å². The third-order valence-electron chi connectivity index (χ3n) is 4.05. The largest absolute Gasteiger partial charge is 0.332 e. The van der Waals surface area contributed by atoms with Crippen molar-refractivity contribution in [3.8, 4) is 0 Å². The molecule has 3 rings (SSSR count). The van der Waals surface area contributed by atoms with Gasteiger partial charge in [-0.2, -0.15) is 0 Å². The molecule has 0 atom stereocenters. The fourth-order valence-electron chi connectivity index (χ4n) is 2.65. The Morgan fingerprint density at radius 2 is 1.96 bits per heavy atom. The van der Waals surface area contributed by atoms with Crippen molar-refractivity contribution in [2.75, 3.05) is 18.9 Å². The van der Waals surface area contributed by atoms with Crippen LogP contribution in [0.5, 0.6) is 0 Å². The van der Waals surface area contributed by atoms with Gasteiger partial charge in [0.1, 0.15) is 5.56 Å². The number of anilines is 1. The van der Waals surface area contributed by atoms with E-state index >= 15 is 0 Å². The van der Waals surface area contributed by atoms with Crippen molar-refractivity contribution in [2.24, 2.45) is 0 Å². The molecule has 0 fully saturated rings. The van der Waals surface area contributed by atoms with Gasteiger partial charge in [-0.15, -0.1) is 11.3 Å². The van der Waals surface area contributed by atoms with Crippen molar-refractivity contribution in [2.45, 2.75) is 13.8 Å². The van der Waals surface area contributed by atoms with E-state index in [1.54, 1.807) is 11.6 Å². The predicted octanol–water partition coefficient (Wildman–Crippen LogP) is 2.08. The third-order valence-corrected chi connectivity index (χ3v) is 4.82. The van der Waals surface area contributed by atoms with Gasteiger partial charge >= 0.3 is 0 Å². The summed E-state index contributed by atoms with van der Waals surface area (Å²) in [5.41, 5.74) is 2.11. The van der Waals surface area contributed by atoms with Gasteiger partial charge in [0.15, 0.2) is 4.96 Å². The quantitative estimate of drug-likeness (QED) is 0.762. The van der Waals surface area contributed by atoms with Crippen LogP contribution < -0.4 is 10.9 Å². The van der Waals surface area contributed by atoms with Crippen LogP contribution in [0.25, 0.3) is 4.96 Å². The number of nitrogens with one attached hydrogen (secondary N) is 1. The van der Waals surface area contributed by atoms with Gasteiger partial charge in [-0.25, -0.2) is 4.98 Å². The number of carbonyl (C=O) groups is 2. The van der Waals surface area contributed by atoms with Gasteiger partial charge in [-0.3, -0.25) is 18.8 Å². The maximum atomic E-state index is 12.5. The number of aromatic nitrogens is 2. The summed E-state index contributed by atoms with van der Waals surface area (Å²) in [7, 11) is 1.48. The van der Waals surface area contributed by atoms with Gasteiger partial charge < -0.3 is 10.2 Å². The summed E-state index contributed by atoms with van der Waals surface area (Å²) >= 11 is 1.31. The first kappa shape index (κ1) is 17.8. The molecule has 134 valence electrons. The number of fused-ring (bicyclic) bond motifs is 1. The summed E-state index contributed by atoms with van der Waals surface area (Å²) in [6.07, 6.45) is 2.83. The molecule has 0 bridgehead atoms. The lowest BCUT2D eigenvalue weighted by atomic mass is 10.1. The molecule has 3 aromatic rings. The Morgan fingerprint density at radius 1 is 1.27 bits per heavy atom.